The molecule has 1 rings (SSSR count). The molecule has 1 unspecified atom stereocenters. The Kier molecular flexibility index (Phi) is 4.47. The van der Waals surface area contributed by atoms with E-state index in [4.69, 9.17) is 11.6 Å². The molecule has 0 aromatic heterocycles. The SMILES string of the molecule is CC(Cl)C(=O)NCCc1ccccc1. The summed E-state index contributed by atoms with van der Waals surface area (Å²) in [5.41, 5.74) is 1.22. The smallest absolute Gasteiger partial charge is 0.237 e. The molecule has 2 nitrogen and oxygen atoms in total. The third-order valence-electron chi connectivity index (χ3n) is 1.92. The number of carbonyl (C=O) groups is 1. The average Bonchev–Trinajstić information content (AvgIpc) is 2.19. The van der Waals surface area contributed by atoms with Crippen LogP contribution in [0.2, 0.25) is 0 Å². The van der Waals surface area contributed by atoms with Gasteiger partial charge in [0.1, 0.15) is 5.38 Å². The summed E-state index contributed by atoms with van der Waals surface area (Å²) in [7, 11) is 0. The van der Waals surface area contributed by atoms with Crippen molar-refractivity contribution in [1.82, 2.24) is 5.32 Å². The van der Waals surface area contributed by atoms with Crippen molar-refractivity contribution in [2.75, 3.05) is 6.54 Å². The predicted octanol–water partition coefficient (Wildman–Crippen LogP) is 1.97. The van der Waals surface area contributed by atoms with E-state index in [1.807, 2.05) is 30.3 Å². The maximum Gasteiger partial charge on any atom is 0.237 e. The highest BCUT2D eigenvalue weighted by atomic mass is 35.5. The summed E-state index contributed by atoms with van der Waals surface area (Å²) in [6, 6.07) is 10.0. The van der Waals surface area contributed by atoms with E-state index in [0.717, 1.165) is 6.42 Å². The molecule has 1 amide bonds. The Hall–Kier alpha value is -1.02. The van der Waals surface area contributed by atoms with Crippen molar-refractivity contribution in [3.05, 3.63) is 35.9 Å². The van der Waals surface area contributed by atoms with E-state index in [1.54, 1.807) is 6.92 Å². The van der Waals surface area contributed by atoms with Crippen LogP contribution >= 0.6 is 11.6 Å². The normalized spacial score (nSPS) is 12.1. The molecule has 1 N–H and O–H groups in total. The molecule has 0 heterocycles. The number of rotatable bonds is 4. The quantitative estimate of drug-likeness (QED) is 0.759. The maximum atomic E-state index is 11.1. The van der Waals surface area contributed by atoms with Crippen LogP contribution in [0.25, 0.3) is 0 Å². The second-order valence-electron chi connectivity index (χ2n) is 3.14. The zero-order chi connectivity index (χ0) is 10.4. The van der Waals surface area contributed by atoms with Crippen LogP contribution < -0.4 is 5.32 Å². The molecular weight excluding hydrogens is 198 g/mol. The van der Waals surface area contributed by atoms with Crippen molar-refractivity contribution in [1.29, 1.82) is 0 Å². The van der Waals surface area contributed by atoms with Crippen LogP contribution in [-0.2, 0) is 11.2 Å². The number of halogens is 1. The van der Waals surface area contributed by atoms with Crippen LogP contribution in [0, 0.1) is 0 Å². The van der Waals surface area contributed by atoms with Gasteiger partial charge in [-0.3, -0.25) is 4.79 Å². The van der Waals surface area contributed by atoms with Crippen LogP contribution in [0.15, 0.2) is 30.3 Å². The van der Waals surface area contributed by atoms with Crippen LogP contribution in [0.4, 0.5) is 0 Å². The minimum atomic E-state index is -0.453. The molecule has 0 aliphatic carbocycles. The second kappa shape index (κ2) is 5.66. The lowest BCUT2D eigenvalue weighted by atomic mass is 10.1. The molecule has 1 aromatic rings. The second-order valence-corrected chi connectivity index (χ2v) is 3.80. The number of alkyl halides is 1. The van der Waals surface area contributed by atoms with Gasteiger partial charge < -0.3 is 5.32 Å². The third-order valence-corrected chi connectivity index (χ3v) is 2.12. The van der Waals surface area contributed by atoms with Crippen molar-refractivity contribution in [3.8, 4) is 0 Å². The Labute approximate surface area is 89.3 Å². The van der Waals surface area contributed by atoms with Gasteiger partial charge in [0, 0.05) is 6.54 Å². The fourth-order valence-corrected chi connectivity index (χ4v) is 1.19. The molecule has 14 heavy (non-hydrogen) atoms. The van der Waals surface area contributed by atoms with Crippen molar-refractivity contribution in [3.63, 3.8) is 0 Å². The minimum Gasteiger partial charge on any atom is -0.354 e. The summed E-state index contributed by atoms with van der Waals surface area (Å²) in [6.45, 7) is 2.30. The van der Waals surface area contributed by atoms with Crippen LogP contribution in [0.3, 0.4) is 0 Å². The van der Waals surface area contributed by atoms with E-state index in [1.165, 1.54) is 5.56 Å². The van der Waals surface area contributed by atoms with Gasteiger partial charge in [-0.2, -0.15) is 0 Å². The van der Waals surface area contributed by atoms with E-state index in [0.29, 0.717) is 6.54 Å². The van der Waals surface area contributed by atoms with Crippen LogP contribution in [0.1, 0.15) is 12.5 Å². The Balaban J connectivity index is 2.26. The lowest BCUT2D eigenvalue weighted by molar-refractivity contribution is -0.120. The van der Waals surface area contributed by atoms with Gasteiger partial charge in [0.05, 0.1) is 0 Å². The first-order valence-corrected chi connectivity index (χ1v) is 5.09. The number of carbonyl (C=O) groups excluding carboxylic acids is 1. The van der Waals surface area contributed by atoms with E-state index < -0.39 is 5.38 Å². The Morgan fingerprint density at radius 1 is 1.43 bits per heavy atom. The van der Waals surface area contributed by atoms with E-state index in [-0.39, 0.29) is 5.91 Å². The standard InChI is InChI=1S/C11H14ClNO/c1-9(12)11(14)13-8-7-10-5-3-2-4-6-10/h2-6,9H,7-8H2,1H3,(H,13,14). The predicted molar refractivity (Wildman–Crippen MR) is 58.5 cm³/mol. The Morgan fingerprint density at radius 2 is 2.07 bits per heavy atom. The number of amides is 1. The highest BCUT2D eigenvalue weighted by molar-refractivity contribution is 6.30. The summed E-state index contributed by atoms with van der Waals surface area (Å²) in [5, 5.41) is 2.31. The molecule has 0 bridgehead atoms. The molecule has 1 atom stereocenters. The lowest BCUT2D eigenvalue weighted by Crippen LogP contribution is -2.31. The fraction of sp³-hybridized carbons (Fsp3) is 0.364. The van der Waals surface area contributed by atoms with Crippen LogP contribution in [-0.4, -0.2) is 17.8 Å². The number of hydrogen-bond donors (Lipinski definition) is 1. The molecule has 1 aromatic carbocycles. The molecule has 0 spiro atoms. The summed E-state index contributed by atoms with van der Waals surface area (Å²) in [6.07, 6.45) is 0.843. The van der Waals surface area contributed by atoms with E-state index >= 15 is 0 Å². The minimum absolute atomic E-state index is 0.109. The maximum absolute atomic E-state index is 11.1. The monoisotopic (exact) mass is 211 g/mol. The molecule has 0 aliphatic heterocycles. The van der Waals surface area contributed by atoms with E-state index in [2.05, 4.69) is 5.32 Å². The Morgan fingerprint density at radius 3 is 2.64 bits per heavy atom. The number of hydrogen-bond acceptors (Lipinski definition) is 1. The number of nitrogens with one attached hydrogen (secondary N) is 1. The van der Waals surface area contributed by atoms with Crippen molar-refractivity contribution in [2.45, 2.75) is 18.7 Å². The highest BCUT2D eigenvalue weighted by Crippen LogP contribution is 1.98. The molecule has 0 saturated carbocycles. The molecule has 0 aliphatic rings. The van der Waals surface area contributed by atoms with Gasteiger partial charge >= 0.3 is 0 Å². The zero-order valence-corrected chi connectivity index (χ0v) is 8.92. The molecule has 0 saturated heterocycles. The van der Waals surface area contributed by atoms with Gasteiger partial charge in [-0.15, -0.1) is 11.6 Å². The van der Waals surface area contributed by atoms with Crippen molar-refractivity contribution >= 4 is 17.5 Å². The molecule has 0 radical (unpaired) electrons. The van der Waals surface area contributed by atoms with Gasteiger partial charge in [0.25, 0.3) is 0 Å². The molecule has 3 heteroatoms. The topological polar surface area (TPSA) is 29.1 Å². The fourth-order valence-electron chi connectivity index (χ4n) is 1.12. The summed E-state index contributed by atoms with van der Waals surface area (Å²) >= 11 is 5.60. The first kappa shape index (κ1) is 11.1. The molecular formula is C11H14ClNO. The van der Waals surface area contributed by atoms with Gasteiger partial charge in [-0.25, -0.2) is 0 Å². The van der Waals surface area contributed by atoms with Gasteiger partial charge in [-0.1, -0.05) is 30.3 Å². The largest absolute Gasteiger partial charge is 0.354 e. The molecule has 0 fully saturated rings. The van der Waals surface area contributed by atoms with Crippen molar-refractivity contribution in [2.24, 2.45) is 0 Å². The first-order chi connectivity index (χ1) is 6.70. The first-order valence-electron chi connectivity index (χ1n) is 4.66. The lowest BCUT2D eigenvalue weighted by Gasteiger charge is -2.05. The highest BCUT2D eigenvalue weighted by Gasteiger charge is 2.06. The number of benzene rings is 1. The van der Waals surface area contributed by atoms with Gasteiger partial charge in [0.2, 0.25) is 5.91 Å². The van der Waals surface area contributed by atoms with Crippen LogP contribution in [0.5, 0.6) is 0 Å². The average molecular weight is 212 g/mol. The molecule has 76 valence electrons. The summed E-state index contributed by atoms with van der Waals surface area (Å²) < 4.78 is 0. The van der Waals surface area contributed by atoms with Crippen molar-refractivity contribution < 1.29 is 4.79 Å². The van der Waals surface area contributed by atoms with Gasteiger partial charge in [0.15, 0.2) is 0 Å². The van der Waals surface area contributed by atoms with E-state index in [9.17, 15) is 4.79 Å². The Bertz CT molecular complexity index is 285. The zero-order valence-electron chi connectivity index (χ0n) is 8.16. The third kappa shape index (κ3) is 3.79. The summed E-state index contributed by atoms with van der Waals surface area (Å²) in [5.74, 6) is -0.109. The summed E-state index contributed by atoms with van der Waals surface area (Å²) in [4.78, 5) is 11.1. The van der Waals surface area contributed by atoms with Gasteiger partial charge in [-0.05, 0) is 18.9 Å².